The van der Waals surface area contributed by atoms with Crippen molar-refractivity contribution in [3.63, 3.8) is 0 Å². The third-order valence-corrected chi connectivity index (χ3v) is 3.43. The van der Waals surface area contributed by atoms with Gasteiger partial charge in [0.1, 0.15) is 0 Å². The molecule has 1 aliphatic rings. The molecule has 1 rings (SSSR count). The van der Waals surface area contributed by atoms with Gasteiger partial charge in [0.2, 0.25) is 0 Å². The van der Waals surface area contributed by atoms with E-state index in [0.29, 0.717) is 18.1 Å². The van der Waals surface area contributed by atoms with Gasteiger partial charge in [-0.3, -0.25) is 4.90 Å². The first-order valence-electron chi connectivity index (χ1n) is 6.25. The molecule has 90 valence electrons. The average Bonchev–Trinajstić information content (AvgIpc) is 2.25. The lowest BCUT2D eigenvalue weighted by molar-refractivity contribution is 0.00792. The van der Waals surface area contributed by atoms with Gasteiger partial charge in [0.15, 0.2) is 0 Å². The van der Waals surface area contributed by atoms with Crippen LogP contribution in [0.5, 0.6) is 0 Å². The fourth-order valence-electron chi connectivity index (χ4n) is 2.72. The quantitative estimate of drug-likeness (QED) is 0.755. The fourth-order valence-corrected chi connectivity index (χ4v) is 2.72. The van der Waals surface area contributed by atoms with Gasteiger partial charge in [0.05, 0.1) is 6.61 Å². The zero-order valence-corrected chi connectivity index (χ0v) is 10.4. The molecule has 0 aliphatic carbocycles. The van der Waals surface area contributed by atoms with Crippen LogP contribution in [0.1, 0.15) is 40.0 Å². The van der Waals surface area contributed by atoms with Crippen molar-refractivity contribution < 1.29 is 4.74 Å². The summed E-state index contributed by atoms with van der Waals surface area (Å²) in [5, 5.41) is 0. The zero-order valence-electron chi connectivity index (χ0n) is 10.4. The van der Waals surface area contributed by atoms with Gasteiger partial charge in [-0.2, -0.15) is 0 Å². The van der Waals surface area contributed by atoms with Crippen molar-refractivity contribution in [2.24, 2.45) is 5.73 Å². The van der Waals surface area contributed by atoms with E-state index in [-0.39, 0.29) is 0 Å². The predicted molar refractivity (Wildman–Crippen MR) is 63.9 cm³/mol. The van der Waals surface area contributed by atoms with Gasteiger partial charge in [0.25, 0.3) is 0 Å². The Bertz CT molecular complexity index is 175. The van der Waals surface area contributed by atoms with Crippen LogP contribution in [-0.4, -0.2) is 42.8 Å². The summed E-state index contributed by atoms with van der Waals surface area (Å²) in [6.07, 6.45) is 3.87. The second-order valence-electron chi connectivity index (χ2n) is 4.63. The molecule has 3 heteroatoms. The summed E-state index contributed by atoms with van der Waals surface area (Å²) in [5.41, 5.74) is 5.84. The molecule has 0 spiro atoms. The van der Waals surface area contributed by atoms with Gasteiger partial charge >= 0.3 is 0 Å². The first kappa shape index (κ1) is 12.9. The Morgan fingerprint density at radius 1 is 1.47 bits per heavy atom. The summed E-state index contributed by atoms with van der Waals surface area (Å²) in [4.78, 5) is 2.55. The molecule has 0 aromatic heterocycles. The molecular formula is C12H26N2O. The Kier molecular flexibility index (Phi) is 5.58. The highest BCUT2D eigenvalue weighted by atomic mass is 16.5. The molecule has 15 heavy (non-hydrogen) atoms. The van der Waals surface area contributed by atoms with Crippen molar-refractivity contribution in [3.05, 3.63) is 0 Å². The molecule has 1 heterocycles. The van der Waals surface area contributed by atoms with Gasteiger partial charge in [0, 0.05) is 31.3 Å². The largest absolute Gasteiger partial charge is 0.380 e. The van der Waals surface area contributed by atoms with E-state index in [0.717, 1.165) is 19.8 Å². The molecule has 0 amide bonds. The molecule has 1 saturated heterocycles. The molecule has 0 radical (unpaired) electrons. The maximum Gasteiger partial charge on any atom is 0.0619 e. The average molecular weight is 214 g/mol. The smallest absolute Gasteiger partial charge is 0.0619 e. The summed E-state index contributed by atoms with van der Waals surface area (Å²) in [5.74, 6) is 0. The van der Waals surface area contributed by atoms with Gasteiger partial charge in [-0.25, -0.2) is 0 Å². The Balaban J connectivity index is 2.52. The van der Waals surface area contributed by atoms with Crippen molar-refractivity contribution in [1.82, 2.24) is 4.90 Å². The standard InChI is InChI=1S/C12H26N2O/c1-4-15-9-11(3)14-10(2)6-5-7-12(14)8-13/h10-12H,4-9,13H2,1-3H3. The van der Waals surface area contributed by atoms with E-state index in [2.05, 4.69) is 18.7 Å². The second kappa shape index (κ2) is 6.46. The molecule has 3 nitrogen and oxygen atoms in total. The Morgan fingerprint density at radius 3 is 2.80 bits per heavy atom. The van der Waals surface area contributed by atoms with E-state index in [1.807, 2.05) is 6.92 Å². The predicted octanol–water partition coefficient (Wildman–Crippen LogP) is 1.61. The first-order valence-corrected chi connectivity index (χ1v) is 6.25. The summed E-state index contributed by atoms with van der Waals surface area (Å²) < 4.78 is 5.51. The lowest BCUT2D eigenvalue weighted by atomic mass is 9.94. The second-order valence-corrected chi connectivity index (χ2v) is 4.63. The van der Waals surface area contributed by atoms with Gasteiger partial charge < -0.3 is 10.5 Å². The summed E-state index contributed by atoms with van der Waals surface area (Å²) >= 11 is 0. The third kappa shape index (κ3) is 3.44. The molecule has 1 aliphatic heterocycles. The monoisotopic (exact) mass is 214 g/mol. The highest BCUT2D eigenvalue weighted by Crippen LogP contribution is 2.24. The van der Waals surface area contributed by atoms with Crippen LogP contribution >= 0.6 is 0 Å². The Hall–Kier alpha value is -0.120. The van der Waals surface area contributed by atoms with Crippen LogP contribution < -0.4 is 5.73 Å². The van der Waals surface area contributed by atoms with E-state index < -0.39 is 0 Å². The van der Waals surface area contributed by atoms with Crippen LogP contribution in [0, 0.1) is 0 Å². The lowest BCUT2D eigenvalue weighted by Crippen LogP contribution is -2.54. The van der Waals surface area contributed by atoms with Crippen molar-refractivity contribution in [1.29, 1.82) is 0 Å². The lowest BCUT2D eigenvalue weighted by Gasteiger charge is -2.44. The maximum atomic E-state index is 5.84. The number of hydrogen-bond donors (Lipinski definition) is 1. The molecule has 0 aromatic rings. The number of hydrogen-bond acceptors (Lipinski definition) is 3. The van der Waals surface area contributed by atoms with Crippen LogP contribution in [-0.2, 0) is 4.74 Å². The van der Waals surface area contributed by atoms with Crippen molar-refractivity contribution in [2.75, 3.05) is 19.8 Å². The van der Waals surface area contributed by atoms with E-state index in [4.69, 9.17) is 10.5 Å². The number of rotatable bonds is 5. The van der Waals surface area contributed by atoms with Crippen LogP contribution in [0.2, 0.25) is 0 Å². The summed E-state index contributed by atoms with van der Waals surface area (Å²) in [6, 6.07) is 1.71. The van der Waals surface area contributed by atoms with Crippen molar-refractivity contribution in [2.45, 2.75) is 58.2 Å². The minimum atomic E-state index is 0.494. The fraction of sp³-hybridized carbons (Fsp3) is 1.00. The van der Waals surface area contributed by atoms with Gasteiger partial charge in [-0.1, -0.05) is 6.42 Å². The van der Waals surface area contributed by atoms with Crippen LogP contribution in [0.25, 0.3) is 0 Å². The molecule has 3 atom stereocenters. The maximum absolute atomic E-state index is 5.84. The molecule has 3 unspecified atom stereocenters. The summed E-state index contributed by atoms with van der Waals surface area (Å²) in [7, 11) is 0. The molecule has 0 bridgehead atoms. The number of ether oxygens (including phenoxy) is 1. The van der Waals surface area contributed by atoms with E-state index in [1.54, 1.807) is 0 Å². The summed E-state index contributed by atoms with van der Waals surface area (Å²) in [6.45, 7) is 9.02. The number of nitrogens with two attached hydrogens (primary N) is 1. The Morgan fingerprint density at radius 2 is 2.20 bits per heavy atom. The van der Waals surface area contributed by atoms with Crippen molar-refractivity contribution in [3.8, 4) is 0 Å². The van der Waals surface area contributed by atoms with E-state index in [1.165, 1.54) is 19.3 Å². The Labute approximate surface area is 94.0 Å². The molecule has 0 saturated carbocycles. The van der Waals surface area contributed by atoms with Gasteiger partial charge in [-0.15, -0.1) is 0 Å². The van der Waals surface area contributed by atoms with Crippen LogP contribution in [0.15, 0.2) is 0 Å². The minimum Gasteiger partial charge on any atom is -0.380 e. The third-order valence-electron chi connectivity index (χ3n) is 3.43. The molecular weight excluding hydrogens is 188 g/mol. The number of piperidine rings is 1. The minimum absolute atomic E-state index is 0.494. The SMILES string of the molecule is CCOCC(C)N1C(C)CCCC1CN. The van der Waals surface area contributed by atoms with Gasteiger partial charge in [-0.05, 0) is 33.6 Å². The van der Waals surface area contributed by atoms with Crippen LogP contribution in [0.3, 0.4) is 0 Å². The molecule has 1 fully saturated rings. The van der Waals surface area contributed by atoms with Crippen molar-refractivity contribution >= 4 is 0 Å². The normalized spacial score (nSPS) is 30.4. The van der Waals surface area contributed by atoms with Crippen LogP contribution in [0.4, 0.5) is 0 Å². The zero-order chi connectivity index (χ0) is 11.3. The molecule has 2 N–H and O–H groups in total. The number of likely N-dealkylation sites (tertiary alicyclic amines) is 1. The topological polar surface area (TPSA) is 38.5 Å². The number of nitrogens with zero attached hydrogens (tertiary/aromatic N) is 1. The highest BCUT2D eigenvalue weighted by Gasteiger charge is 2.30. The highest BCUT2D eigenvalue weighted by molar-refractivity contribution is 4.86. The first-order chi connectivity index (χ1) is 7.20. The van der Waals surface area contributed by atoms with E-state index >= 15 is 0 Å². The molecule has 0 aromatic carbocycles. The van der Waals surface area contributed by atoms with E-state index in [9.17, 15) is 0 Å².